The summed E-state index contributed by atoms with van der Waals surface area (Å²) in [6, 6.07) is 0. The highest BCUT2D eigenvalue weighted by molar-refractivity contribution is 6.26. The number of carbonyl (C=O) groups excluding carboxylic acids is 4. The molecule has 0 amide bonds. The SMILES string of the molecule is CCOC(=O)O[C@]1(C(=O)COC(=O)OC(C)C)CC[C@H]2[C@@H]3CCC4=CC(=O)C=C[C@]4(C)[C@@]3(Cl)C(O)C[C@@]21C. The molecular formula is C28H37ClO9. The van der Waals surface area contributed by atoms with Crippen LogP contribution in [-0.2, 0) is 28.5 Å². The summed E-state index contributed by atoms with van der Waals surface area (Å²) in [5.41, 5.74) is -2.58. The lowest BCUT2D eigenvalue weighted by atomic mass is 9.45. The van der Waals surface area contributed by atoms with Crippen molar-refractivity contribution in [3.63, 3.8) is 0 Å². The largest absolute Gasteiger partial charge is 0.509 e. The molecule has 0 heterocycles. The summed E-state index contributed by atoms with van der Waals surface area (Å²) in [6.07, 6.45) is 3.33. The smallest absolute Gasteiger partial charge is 0.435 e. The van der Waals surface area contributed by atoms with Crippen LogP contribution in [0, 0.1) is 22.7 Å². The molecule has 7 atom stereocenters. The van der Waals surface area contributed by atoms with Gasteiger partial charge in [-0.1, -0.05) is 25.5 Å². The molecule has 0 aromatic carbocycles. The minimum Gasteiger partial charge on any atom is -0.435 e. The number of rotatable bonds is 6. The lowest BCUT2D eigenvalue weighted by Crippen LogP contribution is -2.69. The number of fused-ring (bicyclic) bond motifs is 5. The van der Waals surface area contributed by atoms with E-state index in [1.807, 2.05) is 13.8 Å². The average Bonchev–Trinajstić information content (AvgIpc) is 3.11. The van der Waals surface area contributed by atoms with E-state index in [0.29, 0.717) is 19.3 Å². The van der Waals surface area contributed by atoms with Gasteiger partial charge < -0.3 is 24.1 Å². The summed E-state index contributed by atoms with van der Waals surface area (Å²) >= 11 is 7.44. The highest BCUT2D eigenvalue weighted by Gasteiger charge is 2.74. The van der Waals surface area contributed by atoms with Crippen molar-refractivity contribution in [1.82, 2.24) is 0 Å². The van der Waals surface area contributed by atoms with Crippen LogP contribution < -0.4 is 0 Å². The topological polar surface area (TPSA) is 125 Å². The second kappa shape index (κ2) is 9.97. The van der Waals surface area contributed by atoms with E-state index in [-0.39, 0.29) is 37.1 Å². The Labute approximate surface area is 227 Å². The molecule has 0 aromatic rings. The quantitative estimate of drug-likeness (QED) is 0.369. The summed E-state index contributed by atoms with van der Waals surface area (Å²) in [5.74, 6) is -1.15. The van der Waals surface area contributed by atoms with Gasteiger partial charge in [-0.15, -0.1) is 11.6 Å². The first kappa shape index (κ1) is 28.6. The monoisotopic (exact) mass is 552 g/mol. The standard InChI is InChI=1S/C28H37ClO9/c1-6-35-24(34)38-27(22(32)15-36-23(33)37-16(2)3)12-10-19-20-8-7-17-13-18(30)9-11-25(17,4)28(20,29)21(31)14-26(19,27)5/h9,11,13,16,19-21,31H,6-8,10,12,14-15H2,1-5H3/t19-,20-,21?,25-,26-,27-,28-/m0/s1. The third-order valence-corrected chi connectivity index (χ3v) is 10.3. The van der Waals surface area contributed by atoms with E-state index in [9.17, 15) is 24.3 Å². The number of aliphatic hydroxyl groups is 1. The second-order valence-electron chi connectivity index (χ2n) is 11.5. The third kappa shape index (κ3) is 4.17. The molecule has 4 aliphatic carbocycles. The molecule has 9 nitrogen and oxygen atoms in total. The van der Waals surface area contributed by atoms with E-state index in [0.717, 1.165) is 5.57 Å². The minimum absolute atomic E-state index is 0.0506. The fraction of sp³-hybridized carbons (Fsp3) is 0.714. The van der Waals surface area contributed by atoms with Crippen LogP contribution in [0.4, 0.5) is 9.59 Å². The molecule has 4 aliphatic rings. The van der Waals surface area contributed by atoms with Crippen molar-refractivity contribution in [1.29, 1.82) is 0 Å². The van der Waals surface area contributed by atoms with Crippen LogP contribution >= 0.6 is 11.6 Å². The number of alkyl halides is 1. The van der Waals surface area contributed by atoms with Crippen molar-refractivity contribution in [2.24, 2.45) is 22.7 Å². The summed E-state index contributed by atoms with van der Waals surface area (Å²) in [4.78, 5) is 49.4. The second-order valence-corrected chi connectivity index (χ2v) is 12.2. The molecule has 0 spiro atoms. The maximum atomic E-state index is 13.8. The van der Waals surface area contributed by atoms with Crippen molar-refractivity contribution in [2.75, 3.05) is 13.2 Å². The highest BCUT2D eigenvalue weighted by Crippen LogP contribution is 2.71. The maximum absolute atomic E-state index is 13.8. The molecule has 0 bridgehead atoms. The molecule has 3 fully saturated rings. The van der Waals surface area contributed by atoms with Gasteiger partial charge in [-0.2, -0.15) is 0 Å². The lowest BCUT2D eigenvalue weighted by Gasteiger charge is -2.63. The van der Waals surface area contributed by atoms with Gasteiger partial charge in [-0.25, -0.2) is 9.59 Å². The molecule has 1 unspecified atom stereocenters. The molecule has 1 N–H and O–H groups in total. The number of ether oxygens (including phenoxy) is 4. The predicted octanol–water partition coefficient (Wildman–Crippen LogP) is 4.67. The average molecular weight is 553 g/mol. The van der Waals surface area contributed by atoms with Crippen molar-refractivity contribution in [3.05, 3.63) is 23.8 Å². The van der Waals surface area contributed by atoms with Crippen molar-refractivity contribution >= 4 is 35.5 Å². The maximum Gasteiger partial charge on any atom is 0.509 e. The highest BCUT2D eigenvalue weighted by atomic mass is 35.5. The number of carbonyl (C=O) groups is 4. The fourth-order valence-corrected chi connectivity index (χ4v) is 8.16. The molecule has 10 heteroatoms. The predicted molar refractivity (Wildman–Crippen MR) is 137 cm³/mol. The van der Waals surface area contributed by atoms with E-state index in [1.165, 1.54) is 6.08 Å². The number of halogens is 1. The van der Waals surface area contributed by atoms with Crippen LogP contribution in [0.2, 0.25) is 0 Å². The van der Waals surface area contributed by atoms with Gasteiger partial charge in [0.2, 0.25) is 5.78 Å². The van der Waals surface area contributed by atoms with Gasteiger partial charge in [0.1, 0.15) is 0 Å². The summed E-state index contributed by atoms with van der Waals surface area (Å²) < 4.78 is 20.9. The zero-order chi connectivity index (χ0) is 28.1. The normalized spacial score (nSPS) is 39.4. The lowest BCUT2D eigenvalue weighted by molar-refractivity contribution is -0.179. The molecule has 38 heavy (non-hydrogen) atoms. The zero-order valence-electron chi connectivity index (χ0n) is 22.6. The Morgan fingerprint density at radius 2 is 1.84 bits per heavy atom. The Morgan fingerprint density at radius 1 is 1.13 bits per heavy atom. The van der Waals surface area contributed by atoms with Crippen LogP contribution in [0.3, 0.4) is 0 Å². The van der Waals surface area contributed by atoms with Crippen LogP contribution in [0.25, 0.3) is 0 Å². The first-order valence-corrected chi connectivity index (χ1v) is 13.7. The van der Waals surface area contributed by atoms with Gasteiger partial charge in [0.25, 0.3) is 0 Å². The Bertz CT molecular complexity index is 1080. The molecule has 4 rings (SSSR count). The van der Waals surface area contributed by atoms with Crippen molar-refractivity contribution in [3.8, 4) is 0 Å². The number of ketones is 2. The van der Waals surface area contributed by atoms with Crippen molar-refractivity contribution in [2.45, 2.75) is 89.4 Å². The Morgan fingerprint density at radius 3 is 2.50 bits per heavy atom. The molecular weight excluding hydrogens is 516 g/mol. The van der Waals surface area contributed by atoms with E-state index < -0.39 is 58.2 Å². The first-order valence-electron chi connectivity index (χ1n) is 13.3. The van der Waals surface area contributed by atoms with Gasteiger partial charge in [0, 0.05) is 10.8 Å². The van der Waals surface area contributed by atoms with Crippen LogP contribution in [-0.4, -0.2) is 64.9 Å². The molecule has 210 valence electrons. The third-order valence-electron chi connectivity index (χ3n) is 9.38. The van der Waals surface area contributed by atoms with E-state index >= 15 is 0 Å². The number of hydrogen-bond acceptors (Lipinski definition) is 9. The summed E-state index contributed by atoms with van der Waals surface area (Å²) in [6.45, 7) is 8.11. The molecule has 0 radical (unpaired) electrons. The van der Waals surface area contributed by atoms with Gasteiger partial charge in [0.15, 0.2) is 18.0 Å². The van der Waals surface area contributed by atoms with Crippen LogP contribution in [0.15, 0.2) is 23.8 Å². The molecule has 0 aromatic heterocycles. The fourth-order valence-electron chi connectivity index (χ4n) is 7.64. The van der Waals surface area contributed by atoms with Crippen molar-refractivity contribution < 1.29 is 43.2 Å². The van der Waals surface area contributed by atoms with Crippen LogP contribution in [0.5, 0.6) is 0 Å². The van der Waals surface area contributed by atoms with Gasteiger partial charge >= 0.3 is 12.3 Å². The first-order chi connectivity index (χ1) is 17.7. The van der Waals surface area contributed by atoms with Gasteiger partial charge in [-0.05, 0) is 76.9 Å². The van der Waals surface area contributed by atoms with E-state index in [1.54, 1.807) is 32.9 Å². The number of hydrogen-bond donors (Lipinski definition) is 1. The zero-order valence-corrected chi connectivity index (χ0v) is 23.3. The molecule has 0 aliphatic heterocycles. The summed E-state index contributed by atoms with van der Waals surface area (Å²) in [5, 5.41) is 11.7. The van der Waals surface area contributed by atoms with Gasteiger partial charge in [-0.3, -0.25) is 9.59 Å². The Hall–Kier alpha value is -2.39. The number of allylic oxidation sites excluding steroid dienone is 4. The number of Topliss-reactive ketones (excluding diaryl/α,β-unsaturated/α-hetero) is 1. The molecule has 0 saturated heterocycles. The van der Waals surface area contributed by atoms with Gasteiger partial charge in [0.05, 0.1) is 23.7 Å². The molecule has 3 saturated carbocycles. The minimum atomic E-state index is -1.70. The van der Waals surface area contributed by atoms with E-state index in [4.69, 9.17) is 30.5 Å². The Kier molecular flexibility index (Phi) is 7.51. The van der Waals surface area contributed by atoms with E-state index in [2.05, 4.69) is 0 Å². The summed E-state index contributed by atoms with van der Waals surface area (Å²) in [7, 11) is 0. The number of aliphatic hydroxyl groups excluding tert-OH is 1. The Balaban J connectivity index is 1.71. The van der Waals surface area contributed by atoms with Crippen LogP contribution in [0.1, 0.15) is 66.7 Å².